The third kappa shape index (κ3) is 4.04. The van der Waals surface area contributed by atoms with Crippen LogP contribution in [0.4, 0.5) is 0 Å². The molecule has 0 spiro atoms. The maximum atomic E-state index is 12.6. The number of carbonyl (C=O) groups excluding carboxylic acids is 1. The standard InChI is InChI=1S/C17H21N3O5S/c1-26(24,25)11-14-18-12-5-2-3-6-13(12)20(14)10-15(21)19-17(7-4-8-17)9-16(22)23/h2-3,5-6H,4,7-11H2,1H3,(H,19,21)(H,22,23). The highest BCUT2D eigenvalue weighted by molar-refractivity contribution is 7.89. The molecule has 1 heterocycles. The Morgan fingerprint density at radius 2 is 2.00 bits per heavy atom. The molecule has 0 bridgehead atoms. The first kappa shape index (κ1) is 18.4. The number of nitrogens with zero attached hydrogens (tertiary/aromatic N) is 2. The van der Waals surface area contributed by atoms with Gasteiger partial charge in [0.05, 0.1) is 23.0 Å². The molecule has 1 amide bonds. The average molecular weight is 379 g/mol. The van der Waals surface area contributed by atoms with Crippen molar-refractivity contribution >= 4 is 32.7 Å². The molecule has 0 radical (unpaired) electrons. The van der Waals surface area contributed by atoms with E-state index in [0.29, 0.717) is 29.7 Å². The first-order chi connectivity index (χ1) is 12.2. The van der Waals surface area contributed by atoms with E-state index in [9.17, 15) is 18.0 Å². The number of aromatic nitrogens is 2. The minimum absolute atomic E-state index is 0.104. The monoisotopic (exact) mass is 379 g/mol. The Morgan fingerprint density at radius 3 is 2.58 bits per heavy atom. The van der Waals surface area contributed by atoms with E-state index in [0.717, 1.165) is 12.7 Å². The molecule has 1 saturated carbocycles. The molecule has 9 heteroatoms. The molecule has 0 saturated heterocycles. The summed E-state index contributed by atoms with van der Waals surface area (Å²) in [7, 11) is -3.32. The minimum Gasteiger partial charge on any atom is -0.481 e. The van der Waals surface area contributed by atoms with E-state index in [4.69, 9.17) is 5.11 Å². The van der Waals surface area contributed by atoms with E-state index >= 15 is 0 Å². The molecular weight excluding hydrogens is 358 g/mol. The van der Waals surface area contributed by atoms with Gasteiger partial charge in [0, 0.05) is 6.26 Å². The number of amides is 1. The summed E-state index contributed by atoms with van der Waals surface area (Å²) in [6.07, 6.45) is 3.14. The normalized spacial score (nSPS) is 16.2. The van der Waals surface area contributed by atoms with Gasteiger partial charge in [0.1, 0.15) is 18.1 Å². The smallest absolute Gasteiger partial charge is 0.305 e. The van der Waals surface area contributed by atoms with E-state index < -0.39 is 21.3 Å². The number of imidazole rings is 1. The van der Waals surface area contributed by atoms with Crippen molar-refractivity contribution in [3.05, 3.63) is 30.1 Å². The molecule has 1 aliphatic carbocycles. The summed E-state index contributed by atoms with van der Waals surface area (Å²) in [6.45, 7) is -0.104. The zero-order valence-corrected chi connectivity index (χ0v) is 15.3. The number of benzene rings is 1. The van der Waals surface area contributed by atoms with Gasteiger partial charge in [0.15, 0.2) is 9.84 Å². The van der Waals surface area contributed by atoms with Gasteiger partial charge >= 0.3 is 5.97 Å². The van der Waals surface area contributed by atoms with Gasteiger partial charge in [-0.05, 0) is 31.4 Å². The minimum atomic E-state index is -3.32. The van der Waals surface area contributed by atoms with Crippen LogP contribution in [0.25, 0.3) is 11.0 Å². The molecule has 140 valence electrons. The van der Waals surface area contributed by atoms with Gasteiger partial charge in [0.25, 0.3) is 0 Å². The SMILES string of the molecule is CS(=O)(=O)Cc1nc2ccccc2n1CC(=O)NC1(CC(=O)O)CCC1. The number of para-hydroxylation sites is 2. The van der Waals surface area contributed by atoms with Crippen LogP contribution in [-0.2, 0) is 31.7 Å². The molecule has 1 fully saturated rings. The van der Waals surface area contributed by atoms with E-state index in [2.05, 4.69) is 10.3 Å². The number of hydrogen-bond donors (Lipinski definition) is 2. The number of sulfone groups is 1. The fourth-order valence-corrected chi connectivity index (χ4v) is 4.05. The lowest BCUT2D eigenvalue weighted by Gasteiger charge is -2.41. The molecule has 2 N–H and O–H groups in total. The predicted octanol–water partition coefficient (Wildman–Crippen LogP) is 1.09. The number of hydrogen-bond acceptors (Lipinski definition) is 5. The highest BCUT2D eigenvalue weighted by Crippen LogP contribution is 2.35. The third-order valence-corrected chi connectivity index (χ3v) is 5.41. The number of nitrogens with one attached hydrogen (secondary N) is 1. The number of rotatable bonds is 7. The molecule has 1 aromatic heterocycles. The summed E-state index contributed by atoms with van der Waals surface area (Å²) in [5, 5.41) is 11.9. The summed E-state index contributed by atoms with van der Waals surface area (Å²) in [4.78, 5) is 28.0. The summed E-state index contributed by atoms with van der Waals surface area (Å²) in [6, 6.07) is 7.12. The Balaban J connectivity index is 1.86. The zero-order valence-electron chi connectivity index (χ0n) is 14.4. The van der Waals surface area contributed by atoms with Crippen molar-refractivity contribution in [2.24, 2.45) is 0 Å². The second kappa shape index (κ2) is 6.71. The quantitative estimate of drug-likeness (QED) is 0.743. The molecule has 1 aliphatic rings. The number of fused-ring (bicyclic) bond motifs is 1. The van der Waals surface area contributed by atoms with Crippen LogP contribution in [0.2, 0.25) is 0 Å². The van der Waals surface area contributed by atoms with Gasteiger partial charge in [-0.15, -0.1) is 0 Å². The fourth-order valence-electron chi connectivity index (χ4n) is 3.36. The summed E-state index contributed by atoms with van der Waals surface area (Å²) >= 11 is 0. The molecule has 8 nitrogen and oxygen atoms in total. The van der Waals surface area contributed by atoms with E-state index in [1.54, 1.807) is 28.8 Å². The third-order valence-electron chi connectivity index (χ3n) is 4.63. The van der Waals surface area contributed by atoms with Gasteiger partial charge < -0.3 is 15.0 Å². The van der Waals surface area contributed by atoms with E-state index in [-0.39, 0.29) is 24.6 Å². The summed E-state index contributed by atoms with van der Waals surface area (Å²) in [5.74, 6) is -1.26. The summed E-state index contributed by atoms with van der Waals surface area (Å²) < 4.78 is 25.0. The molecule has 3 rings (SSSR count). The van der Waals surface area contributed by atoms with Crippen LogP contribution in [0.1, 0.15) is 31.5 Å². The largest absolute Gasteiger partial charge is 0.481 e. The van der Waals surface area contributed by atoms with Gasteiger partial charge in [-0.1, -0.05) is 12.1 Å². The van der Waals surface area contributed by atoms with Crippen molar-refractivity contribution in [3.63, 3.8) is 0 Å². The molecule has 0 unspecified atom stereocenters. The van der Waals surface area contributed by atoms with Gasteiger partial charge in [-0.2, -0.15) is 0 Å². The highest BCUT2D eigenvalue weighted by Gasteiger charge is 2.40. The van der Waals surface area contributed by atoms with Crippen LogP contribution >= 0.6 is 0 Å². The molecular formula is C17H21N3O5S. The fraction of sp³-hybridized carbons (Fsp3) is 0.471. The number of carbonyl (C=O) groups is 2. The van der Waals surface area contributed by atoms with Gasteiger partial charge in [-0.3, -0.25) is 9.59 Å². The van der Waals surface area contributed by atoms with Crippen molar-refractivity contribution < 1.29 is 23.1 Å². The van der Waals surface area contributed by atoms with Crippen molar-refractivity contribution in [2.45, 2.75) is 43.5 Å². The van der Waals surface area contributed by atoms with E-state index in [1.807, 2.05) is 0 Å². The first-order valence-electron chi connectivity index (χ1n) is 8.32. The Labute approximate surface area is 151 Å². The Hall–Kier alpha value is -2.42. The van der Waals surface area contributed by atoms with Gasteiger partial charge in [0.2, 0.25) is 5.91 Å². The molecule has 1 aromatic carbocycles. The van der Waals surface area contributed by atoms with Crippen LogP contribution in [0.5, 0.6) is 0 Å². The molecule has 0 aliphatic heterocycles. The predicted molar refractivity (Wildman–Crippen MR) is 95.3 cm³/mol. The number of carboxylic acids is 1. The van der Waals surface area contributed by atoms with E-state index in [1.165, 1.54) is 0 Å². The summed E-state index contributed by atoms with van der Waals surface area (Å²) in [5.41, 5.74) is 0.584. The second-order valence-electron chi connectivity index (χ2n) is 6.93. The highest BCUT2D eigenvalue weighted by atomic mass is 32.2. The lowest BCUT2D eigenvalue weighted by atomic mass is 9.74. The molecule has 26 heavy (non-hydrogen) atoms. The molecule has 2 aromatic rings. The first-order valence-corrected chi connectivity index (χ1v) is 10.4. The number of aliphatic carboxylic acids is 1. The van der Waals surface area contributed by atoms with Crippen molar-refractivity contribution in [1.29, 1.82) is 0 Å². The van der Waals surface area contributed by atoms with Gasteiger partial charge in [-0.25, -0.2) is 13.4 Å². The van der Waals surface area contributed by atoms with Crippen LogP contribution in [0, 0.1) is 0 Å². The van der Waals surface area contributed by atoms with Crippen LogP contribution in [0.3, 0.4) is 0 Å². The lowest BCUT2D eigenvalue weighted by Crippen LogP contribution is -2.55. The zero-order chi connectivity index (χ0) is 18.9. The van der Waals surface area contributed by atoms with Crippen molar-refractivity contribution in [2.75, 3.05) is 6.26 Å². The topological polar surface area (TPSA) is 118 Å². The second-order valence-corrected chi connectivity index (χ2v) is 9.07. The van der Waals surface area contributed by atoms with Crippen LogP contribution in [0.15, 0.2) is 24.3 Å². The molecule has 0 atom stereocenters. The Kier molecular flexibility index (Phi) is 4.74. The lowest BCUT2D eigenvalue weighted by molar-refractivity contribution is -0.140. The van der Waals surface area contributed by atoms with Crippen LogP contribution < -0.4 is 5.32 Å². The van der Waals surface area contributed by atoms with Crippen molar-refractivity contribution in [1.82, 2.24) is 14.9 Å². The Bertz CT molecular complexity index is 960. The maximum Gasteiger partial charge on any atom is 0.305 e. The maximum absolute atomic E-state index is 12.6. The average Bonchev–Trinajstić information content (AvgIpc) is 2.80. The number of carboxylic acid groups (broad SMARTS) is 1. The van der Waals surface area contributed by atoms with Crippen LogP contribution in [-0.4, -0.2) is 46.7 Å². The van der Waals surface area contributed by atoms with Crippen molar-refractivity contribution in [3.8, 4) is 0 Å². The Morgan fingerprint density at radius 1 is 1.31 bits per heavy atom.